The summed E-state index contributed by atoms with van der Waals surface area (Å²) in [5.74, 6) is 0. The second-order valence-corrected chi connectivity index (χ2v) is 3.09. The molecule has 0 unspecified atom stereocenters. The van der Waals surface area contributed by atoms with E-state index in [1.165, 1.54) is 0 Å². The van der Waals surface area contributed by atoms with Crippen molar-refractivity contribution in [1.82, 2.24) is 9.55 Å². The Morgan fingerprint density at radius 2 is 2.23 bits per heavy atom. The van der Waals surface area contributed by atoms with Crippen LogP contribution in [0.25, 0.3) is 5.69 Å². The second kappa shape index (κ2) is 3.11. The van der Waals surface area contributed by atoms with E-state index in [2.05, 4.69) is 4.98 Å². The van der Waals surface area contributed by atoms with Gasteiger partial charge in [0.15, 0.2) is 0 Å². The van der Waals surface area contributed by atoms with Crippen LogP contribution in [0.5, 0.6) is 0 Å². The van der Waals surface area contributed by atoms with Crippen molar-refractivity contribution in [3.05, 3.63) is 41.9 Å². The largest absolute Gasteiger partial charge is 0.399 e. The number of aromatic nitrogens is 2. The van der Waals surface area contributed by atoms with Crippen LogP contribution >= 0.6 is 11.6 Å². The van der Waals surface area contributed by atoms with Crippen molar-refractivity contribution in [2.45, 2.75) is 0 Å². The molecule has 0 aliphatic rings. The Bertz CT molecular complexity index is 409. The van der Waals surface area contributed by atoms with Crippen molar-refractivity contribution >= 4 is 17.3 Å². The first-order chi connectivity index (χ1) is 6.27. The van der Waals surface area contributed by atoms with E-state index < -0.39 is 0 Å². The molecular weight excluding hydrogens is 186 g/mol. The number of hydrogen-bond donors (Lipinski definition) is 1. The van der Waals surface area contributed by atoms with Gasteiger partial charge in [0.1, 0.15) is 0 Å². The van der Waals surface area contributed by atoms with Crippen molar-refractivity contribution in [3.8, 4) is 5.69 Å². The maximum Gasteiger partial charge on any atom is 0.0992 e. The molecule has 0 saturated carbocycles. The fourth-order valence-electron chi connectivity index (χ4n) is 1.13. The van der Waals surface area contributed by atoms with Gasteiger partial charge in [-0.15, -0.1) is 0 Å². The van der Waals surface area contributed by atoms with Crippen LogP contribution < -0.4 is 5.73 Å². The Morgan fingerprint density at radius 3 is 2.92 bits per heavy atom. The smallest absolute Gasteiger partial charge is 0.0992 e. The van der Waals surface area contributed by atoms with Crippen molar-refractivity contribution in [2.24, 2.45) is 0 Å². The summed E-state index contributed by atoms with van der Waals surface area (Å²) in [6.45, 7) is 0. The third kappa shape index (κ3) is 1.51. The molecule has 0 saturated heterocycles. The molecule has 0 atom stereocenters. The zero-order valence-corrected chi connectivity index (χ0v) is 7.57. The minimum absolute atomic E-state index is 0.659. The van der Waals surface area contributed by atoms with Crippen LogP contribution in [0.1, 0.15) is 0 Å². The number of nitrogens with zero attached hydrogens (tertiary/aromatic N) is 2. The van der Waals surface area contributed by atoms with Gasteiger partial charge in [-0.2, -0.15) is 0 Å². The first-order valence-corrected chi connectivity index (χ1v) is 4.18. The highest BCUT2D eigenvalue weighted by molar-refractivity contribution is 6.32. The van der Waals surface area contributed by atoms with E-state index in [1.54, 1.807) is 24.7 Å². The van der Waals surface area contributed by atoms with E-state index in [1.807, 2.05) is 16.8 Å². The average molecular weight is 194 g/mol. The number of halogens is 1. The van der Waals surface area contributed by atoms with E-state index in [9.17, 15) is 0 Å². The van der Waals surface area contributed by atoms with E-state index in [-0.39, 0.29) is 0 Å². The Kier molecular flexibility index (Phi) is 1.94. The van der Waals surface area contributed by atoms with Crippen LogP contribution in [-0.4, -0.2) is 9.55 Å². The normalized spacial score (nSPS) is 10.2. The number of benzene rings is 1. The number of hydrogen-bond acceptors (Lipinski definition) is 2. The lowest BCUT2D eigenvalue weighted by molar-refractivity contribution is 1.06. The first kappa shape index (κ1) is 8.13. The lowest BCUT2D eigenvalue weighted by Crippen LogP contribution is -1.93. The molecule has 0 amide bonds. The van der Waals surface area contributed by atoms with E-state index in [0.29, 0.717) is 10.7 Å². The van der Waals surface area contributed by atoms with Crippen LogP contribution in [0.15, 0.2) is 36.9 Å². The molecule has 1 heterocycles. The van der Waals surface area contributed by atoms with Gasteiger partial charge >= 0.3 is 0 Å². The van der Waals surface area contributed by atoms with Crippen molar-refractivity contribution in [1.29, 1.82) is 0 Å². The summed E-state index contributed by atoms with van der Waals surface area (Å²) >= 11 is 5.98. The van der Waals surface area contributed by atoms with Gasteiger partial charge in [0.25, 0.3) is 0 Å². The van der Waals surface area contributed by atoms with Crippen LogP contribution in [0, 0.1) is 0 Å². The molecule has 0 aliphatic heterocycles. The third-order valence-corrected chi connectivity index (χ3v) is 2.07. The highest BCUT2D eigenvalue weighted by Crippen LogP contribution is 2.22. The number of rotatable bonds is 1. The van der Waals surface area contributed by atoms with Crippen LogP contribution in [-0.2, 0) is 0 Å². The predicted molar refractivity (Wildman–Crippen MR) is 53.0 cm³/mol. The maximum absolute atomic E-state index is 5.98. The predicted octanol–water partition coefficient (Wildman–Crippen LogP) is 2.11. The summed E-state index contributed by atoms with van der Waals surface area (Å²) in [6.07, 6.45) is 5.20. The van der Waals surface area contributed by atoms with Gasteiger partial charge in [-0.3, -0.25) is 0 Å². The Hall–Kier alpha value is -1.48. The summed E-state index contributed by atoms with van der Waals surface area (Å²) in [6, 6.07) is 5.35. The van der Waals surface area contributed by atoms with E-state index in [4.69, 9.17) is 17.3 Å². The summed E-state index contributed by atoms with van der Waals surface area (Å²) in [7, 11) is 0. The Balaban J connectivity index is 2.57. The molecule has 0 aliphatic carbocycles. The fraction of sp³-hybridized carbons (Fsp3) is 0. The molecule has 1 aromatic carbocycles. The summed E-state index contributed by atoms with van der Waals surface area (Å²) < 4.78 is 1.82. The van der Waals surface area contributed by atoms with Crippen molar-refractivity contribution in [2.75, 3.05) is 5.73 Å². The molecule has 0 bridgehead atoms. The number of imidazole rings is 1. The molecule has 0 radical (unpaired) electrons. The van der Waals surface area contributed by atoms with Gasteiger partial charge in [0, 0.05) is 18.1 Å². The lowest BCUT2D eigenvalue weighted by Gasteiger charge is -2.05. The minimum atomic E-state index is 0.659. The van der Waals surface area contributed by atoms with Gasteiger partial charge in [0.05, 0.1) is 17.0 Å². The molecule has 13 heavy (non-hydrogen) atoms. The molecule has 1 aromatic heterocycles. The molecule has 2 rings (SSSR count). The van der Waals surface area contributed by atoms with Crippen LogP contribution in [0.4, 0.5) is 5.69 Å². The number of nitrogens with two attached hydrogens (primary N) is 1. The van der Waals surface area contributed by atoms with Crippen LogP contribution in [0.2, 0.25) is 5.02 Å². The highest BCUT2D eigenvalue weighted by atomic mass is 35.5. The molecule has 0 spiro atoms. The standard InChI is InChI=1S/C9H8ClN3/c10-8-2-1-7(11)5-9(8)13-4-3-12-6-13/h1-6H,11H2. The molecule has 2 aromatic rings. The highest BCUT2D eigenvalue weighted by Gasteiger charge is 2.01. The summed E-state index contributed by atoms with van der Waals surface area (Å²) in [4.78, 5) is 3.93. The van der Waals surface area contributed by atoms with Gasteiger partial charge in [0.2, 0.25) is 0 Å². The molecular formula is C9H8ClN3. The zero-order valence-electron chi connectivity index (χ0n) is 6.81. The zero-order chi connectivity index (χ0) is 9.26. The lowest BCUT2D eigenvalue weighted by atomic mass is 10.3. The molecule has 3 nitrogen and oxygen atoms in total. The fourth-order valence-corrected chi connectivity index (χ4v) is 1.34. The molecule has 0 fully saturated rings. The SMILES string of the molecule is Nc1ccc(Cl)c(-n2ccnc2)c1. The van der Waals surface area contributed by atoms with Crippen LogP contribution in [0.3, 0.4) is 0 Å². The van der Waals surface area contributed by atoms with Gasteiger partial charge < -0.3 is 10.3 Å². The average Bonchev–Trinajstić information content (AvgIpc) is 2.61. The van der Waals surface area contributed by atoms with Gasteiger partial charge in [-0.05, 0) is 18.2 Å². The summed E-state index contributed by atoms with van der Waals surface area (Å²) in [5, 5.41) is 0.659. The molecule has 2 N–H and O–H groups in total. The summed E-state index contributed by atoms with van der Waals surface area (Å²) in [5.41, 5.74) is 7.18. The topological polar surface area (TPSA) is 43.8 Å². The quantitative estimate of drug-likeness (QED) is 0.705. The molecule has 66 valence electrons. The van der Waals surface area contributed by atoms with E-state index >= 15 is 0 Å². The van der Waals surface area contributed by atoms with Crippen molar-refractivity contribution in [3.63, 3.8) is 0 Å². The van der Waals surface area contributed by atoms with E-state index in [0.717, 1.165) is 5.69 Å². The number of anilines is 1. The minimum Gasteiger partial charge on any atom is -0.399 e. The first-order valence-electron chi connectivity index (χ1n) is 3.81. The maximum atomic E-state index is 5.98. The van der Waals surface area contributed by atoms with Crippen molar-refractivity contribution < 1.29 is 0 Å². The number of nitrogen functional groups attached to an aromatic ring is 1. The monoisotopic (exact) mass is 193 g/mol. The third-order valence-electron chi connectivity index (χ3n) is 1.75. The van der Waals surface area contributed by atoms with Gasteiger partial charge in [-0.25, -0.2) is 4.98 Å². The molecule has 4 heteroatoms. The Morgan fingerprint density at radius 1 is 1.38 bits per heavy atom. The van der Waals surface area contributed by atoms with Gasteiger partial charge in [-0.1, -0.05) is 11.6 Å². The second-order valence-electron chi connectivity index (χ2n) is 2.68. The Labute approximate surface area is 80.8 Å².